The molecule has 6 nitrogen and oxygen atoms in total. The molecule has 27 heavy (non-hydrogen) atoms. The Morgan fingerprint density at radius 1 is 1.44 bits per heavy atom. The van der Waals surface area contributed by atoms with E-state index in [4.69, 9.17) is 11.6 Å². The van der Waals surface area contributed by atoms with E-state index >= 15 is 0 Å². The summed E-state index contributed by atoms with van der Waals surface area (Å²) < 4.78 is 68.4. The molecule has 1 aliphatic heterocycles. The summed E-state index contributed by atoms with van der Waals surface area (Å²) in [5.74, 6) is -5.49. The van der Waals surface area contributed by atoms with E-state index in [0.29, 0.717) is 11.2 Å². The predicted octanol–water partition coefficient (Wildman–Crippen LogP) is 1.56. The molecular formula is C16H20ClF3N2O4S. The van der Waals surface area contributed by atoms with Gasteiger partial charge in [-0.15, -0.1) is 0 Å². The van der Waals surface area contributed by atoms with Crippen LogP contribution in [0.2, 0.25) is 5.02 Å². The lowest BCUT2D eigenvalue weighted by molar-refractivity contribution is -0.149. The standard InChI is InChI=1S/C16H20ClF3N2O4S/c1-15(2,24)14(23)22-8-16(19,20)13(21-27(3,25)26)11(22)7-9-5-4-6-10(17)12(9)18/h4-6,11,13,21,24H,7-8H2,1-3H3/t11-,13+/m0/s1. The highest BCUT2D eigenvalue weighted by Gasteiger charge is 2.58. The molecule has 0 radical (unpaired) electrons. The highest BCUT2D eigenvalue weighted by Crippen LogP contribution is 2.36. The van der Waals surface area contributed by atoms with Crippen molar-refractivity contribution in [1.29, 1.82) is 0 Å². The molecule has 0 saturated carbocycles. The number of sulfonamides is 1. The summed E-state index contributed by atoms with van der Waals surface area (Å²) in [6, 6.07) is 0.575. The maximum absolute atomic E-state index is 14.5. The average Bonchev–Trinajstić information content (AvgIpc) is 2.72. The quantitative estimate of drug-likeness (QED) is 0.745. The van der Waals surface area contributed by atoms with Gasteiger partial charge in [-0.3, -0.25) is 4.79 Å². The van der Waals surface area contributed by atoms with E-state index < -0.39 is 58.3 Å². The number of hydrogen-bond acceptors (Lipinski definition) is 4. The van der Waals surface area contributed by atoms with Crippen LogP contribution in [0, 0.1) is 5.82 Å². The van der Waals surface area contributed by atoms with Crippen molar-refractivity contribution in [3.8, 4) is 0 Å². The Morgan fingerprint density at radius 2 is 2.04 bits per heavy atom. The fraction of sp³-hybridized carbons (Fsp3) is 0.562. The van der Waals surface area contributed by atoms with Gasteiger partial charge < -0.3 is 10.0 Å². The number of halogens is 4. The van der Waals surface area contributed by atoms with Crippen LogP contribution < -0.4 is 4.72 Å². The lowest BCUT2D eigenvalue weighted by Crippen LogP contribution is -2.54. The van der Waals surface area contributed by atoms with Crippen LogP contribution in [0.4, 0.5) is 13.2 Å². The number of nitrogens with zero attached hydrogens (tertiary/aromatic N) is 1. The van der Waals surface area contributed by atoms with E-state index in [1.807, 2.05) is 4.72 Å². The number of carbonyl (C=O) groups excluding carboxylic acids is 1. The topological polar surface area (TPSA) is 86.7 Å². The van der Waals surface area contributed by atoms with Crippen molar-refractivity contribution in [2.75, 3.05) is 12.8 Å². The van der Waals surface area contributed by atoms with Crippen molar-refractivity contribution in [1.82, 2.24) is 9.62 Å². The van der Waals surface area contributed by atoms with Crippen molar-refractivity contribution in [2.45, 2.75) is 43.9 Å². The molecule has 1 heterocycles. The van der Waals surface area contributed by atoms with Gasteiger partial charge in [0.1, 0.15) is 17.5 Å². The summed E-state index contributed by atoms with van der Waals surface area (Å²) in [5, 5.41) is 9.72. The monoisotopic (exact) mass is 428 g/mol. The van der Waals surface area contributed by atoms with E-state index in [1.54, 1.807) is 0 Å². The van der Waals surface area contributed by atoms with Crippen LogP contribution in [0.15, 0.2) is 18.2 Å². The van der Waals surface area contributed by atoms with Gasteiger partial charge in [0.25, 0.3) is 11.8 Å². The molecule has 0 spiro atoms. The highest BCUT2D eigenvalue weighted by atomic mass is 35.5. The largest absolute Gasteiger partial charge is 0.381 e. The van der Waals surface area contributed by atoms with Gasteiger partial charge in [0.15, 0.2) is 0 Å². The fourth-order valence-electron chi connectivity index (χ4n) is 3.03. The summed E-state index contributed by atoms with van der Waals surface area (Å²) in [4.78, 5) is 13.1. The molecule has 1 aliphatic rings. The molecular weight excluding hydrogens is 409 g/mol. The Hall–Kier alpha value is -1.36. The molecule has 1 aromatic carbocycles. The first-order valence-electron chi connectivity index (χ1n) is 7.95. The molecule has 11 heteroatoms. The average molecular weight is 429 g/mol. The second-order valence-corrected chi connectivity index (χ2v) is 9.29. The zero-order chi connectivity index (χ0) is 20.8. The normalized spacial score (nSPS) is 22.9. The Kier molecular flexibility index (Phi) is 5.87. The number of hydrogen-bond donors (Lipinski definition) is 2. The second-order valence-electron chi connectivity index (χ2n) is 7.11. The number of rotatable bonds is 5. The van der Waals surface area contributed by atoms with Crippen LogP contribution in [-0.4, -0.2) is 60.7 Å². The number of amides is 1. The van der Waals surface area contributed by atoms with Crippen molar-refractivity contribution in [3.63, 3.8) is 0 Å². The van der Waals surface area contributed by atoms with Crippen molar-refractivity contribution < 1.29 is 31.5 Å². The number of likely N-dealkylation sites (tertiary alicyclic amines) is 1. The lowest BCUT2D eigenvalue weighted by Gasteiger charge is -2.31. The molecule has 1 saturated heterocycles. The third-order valence-corrected chi connectivity index (χ3v) is 5.18. The summed E-state index contributed by atoms with van der Waals surface area (Å²) in [6.45, 7) is 1.14. The molecule has 1 amide bonds. The zero-order valence-corrected chi connectivity index (χ0v) is 16.4. The van der Waals surface area contributed by atoms with Gasteiger partial charge in [-0.05, 0) is 31.9 Å². The summed E-state index contributed by atoms with van der Waals surface area (Å²) >= 11 is 5.71. The smallest absolute Gasteiger partial charge is 0.283 e. The van der Waals surface area contributed by atoms with Gasteiger partial charge in [0.05, 0.1) is 23.9 Å². The van der Waals surface area contributed by atoms with Crippen LogP contribution in [0.5, 0.6) is 0 Å². The second kappa shape index (κ2) is 7.23. The summed E-state index contributed by atoms with van der Waals surface area (Å²) in [7, 11) is -4.06. The molecule has 0 bridgehead atoms. The van der Waals surface area contributed by atoms with E-state index in [0.717, 1.165) is 13.8 Å². The van der Waals surface area contributed by atoms with E-state index in [-0.39, 0.29) is 10.6 Å². The summed E-state index contributed by atoms with van der Waals surface area (Å²) in [6.07, 6.45) is 0.289. The number of alkyl halides is 2. The molecule has 0 aliphatic carbocycles. The first-order chi connectivity index (χ1) is 12.1. The SMILES string of the molecule is CC(C)(O)C(=O)N1CC(F)(F)[C@H](NS(C)(=O)=O)[C@@H]1Cc1cccc(Cl)c1F. The zero-order valence-electron chi connectivity index (χ0n) is 14.8. The molecule has 2 rings (SSSR count). The Morgan fingerprint density at radius 3 is 2.56 bits per heavy atom. The van der Waals surface area contributed by atoms with Gasteiger partial charge in [-0.1, -0.05) is 23.7 Å². The number of nitrogens with one attached hydrogen (secondary N) is 1. The molecule has 2 atom stereocenters. The first kappa shape index (κ1) is 21.9. The van der Waals surface area contributed by atoms with Crippen molar-refractivity contribution in [3.05, 3.63) is 34.6 Å². The van der Waals surface area contributed by atoms with Crippen LogP contribution in [0.1, 0.15) is 19.4 Å². The van der Waals surface area contributed by atoms with Gasteiger partial charge >= 0.3 is 0 Å². The van der Waals surface area contributed by atoms with E-state index in [2.05, 4.69) is 0 Å². The minimum absolute atomic E-state index is 0.0564. The molecule has 0 aromatic heterocycles. The van der Waals surface area contributed by atoms with Crippen molar-refractivity contribution >= 4 is 27.5 Å². The van der Waals surface area contributed by atoms with Gasteiger partial charge in [-0.25, -0.2) is 26.3 Å². The van der Waals surface area contributed by atoms with Gasteiger partial charge in [-0.2, -0.15) is 0 Å². The van der Waals surface area contributed by atoms with Crippen LogP contribution >= 0.6 is 11.6 Å². The van der Waals surface area contributed by atoms with E-state index in [9.17, 15) is 31.5 Å². The maximum Gasteiger partial charge on any atom is 0.283 e. The Labute approximate surface area is 160 Å². The minimum Gasteiger partial charge on any atom is -0.381 e. The molecule has 1 fully saturated rings. The Balaban J connectivity index is 2.51. The molecule has 152 valence electrons. The van der Waals surface area contributed by atoms with E-state index in [1.165, 1.54) is 18.2 Å². The van der Waals surface area contributed by atoms with Gasteiger partial charge in [0.2, 0.25) is 10.0 Å². The van der Waals surface area contributed by atoms with Gasteiger partial charge in [0, 0.05) is 0 Å². The summed E-state index contributed by atoms with van der Waals surface area (Å²) in [5.41, 5.74) is -2.03. The molecule has 1 aromatic rings. The number of aliphatic hydroxyl groups is 1. The third-order valence-electron chi connectivity index (χ3n) is 4.21. The molecule has 0 unspecified atom stereocenters. The van der Waals surface area contributed by atoms with Crippen molar-refractivity contribution in [2.24, 2.45) is 0 Å². The first-order valence-corrected chi connectivity index (χ1v) is 10.2. The lowest BCUT2D eigenvalue weighted by atomic mass is 9.98. The van der Waals surface area contributed by atoms with Crippen LogP contribution in [-0.2, 0) is 21.2 Å². The number of benzene rings is 1. The number of carbonyl (C=O) groups is 1. The Bertz CT molecular complexity index is 843. The third kappa shape index (κ3) is 4.92. The minimum atomic E-state index is -4.06. The maximum atomic E-state index is 14.5. The fourth-order valence-corrected chi connectivity index (χ4v) is 4.02. The predicted molar refractivity (Wildman–Crippen MR) is 93.6 cm³/mol. The molecule has 2 N–H and O–H groups in total. The highest BCUT2D eigenvalue weighted by molar-refractivity contribution is 7.88. The van der Waals surface area contributed by atoms with Crippen LogP contribution in [0.3, 0.4) is 0 Å². The van der Waals surface area contributed by atoms with Crippen LogP contribution in [0.25, 0.3) is 0 Å².